The topological polar surface area (TPSA) is 91.6 Å². The molecule has 0 bridgehead atoms. The molecule has 29 heavy (non-hydrogen) atoms. The first-order valence-corrected chi connectivity index (χ1v) is 9.55. The fourth-order valence-corrected chi connectivity index (χ4v) is 3.43. The Hall–Kier alpha value is -3.26. The number of benzene rings is 1. The molecule has 1 aliphatic heterocycles. The molecule has 3 heterocycles. The lowest BCUT2D eigenvalue weighted by Crippen LogP contribution is -2.45. The summed E-state index contributed by atoms with van der Waals surface area (Å²) >= 11 is 0. The molecular formula is C21H23N5O3. The Balaban J connectivity index is 1.60. The molecule has 0 saturated carbocycles. The van der Waals surface area contributed by atoms with Gasteiger partial charge < -0.3 is 19.5 Å². The number of amides is 1. The van der Waals surface area contributed by atoms with Gasteiger partial charge in [0.1, 0.15) is 11.1 Å². The van der Waals surface area contributed by atoms with Crippen LogP contribution in [0.15, 0.2) is 39.5 Å². The van der Waals surface area contributed by atoms with E-state index < -0.39 is 11.5 Å². The standard InChI is InChI=1S/C21H23N5O3/c1-13-18(14(2)23-21(22-13)26-10-8-25(3)9-11-26)24-19(27)16-12-15-6-4-5-7-17(15)29-20(16)28/h4-7,12H,8-11H2,1-3H3,(H,24,27). The Bertz CT molecular complexity index is 1110. The van der Waals surface area contributed by atoms with Gasteiger partial charge in [-0.2, -0.15) is 0 Å². The van der Waals surface area contributed by atoms with Crippen molar-refractivity contribution in [2.45, 2.75) is 13.8 Å². The lowest BCUT2D eigenvalue weighted by Gasteiger charge is -2.32. The number of nitrogens with zero attached hydrogens (tertiary/aromatic N) is 4. The Kier molecular flexibility index (Phi) is 5.02. The number of fused-ring (bicyclic) bond motifs is 1. The van der Waals surface area contributed by atoms with Crippen molar-refractivity contribution in [3.05, 3.63) is 57.7 Å². The molecule has 2 aromatic heterocycles. The van der Waals surface area contributed by atoms with E-state index in [-0.39, 0.29) is 5.56 Å². The number of aromatic nitrogens is 2. The molecule has 1 aliphatic rings. The molecule has 1 amide bonds. The quantitative estimate of drug-likeness (QED) is 0.682. The molecule has 8 heteroatoms. The molecule has 0 radical (unpaired) electrons. The summed E-state index contributed by atoms with van der Waals surface area (Å²) in [5.41, 5.74) is 1.55. The van der Waals surface area contributed by atoms with Crippen LogP contribution >= 0.6 is 0 Å². The van der Waals surface area contributed by atoms with Gasteiger partial charge in [-0.1, -0.05) is 18.2 Å². The first-order chi connectivity index (χ1) is 13.9. The van der Waals surface area contributed by atoms with E-state index in [1.807, 2.05) is 19.9 Å². The van der Waals surface area contributed by atoms with Crippen LogP contribution in [0.2, 0.25) is 0 Å². The number of carbonyl (C=O) groups is 1. The number of likely N-dealkylation sites (N-methyl/N-ethyl adjacent to an activating group) is 1. The van der Waals surface area contributed by atoms with E-state index in [2.05, 4.69) is 32.1 Å². The molecule has 0 aliphatic carbocycles. The Morgan fingerprint density at radius 3 is 2.41 bits per heavy atom. The van der Waals surface area contributed by atoms with E-state index in [4.69, 9.17) is 4.42 Å². The normalized spacial score (nSPS) is 14.9. The predicted molar refractivity (Wildman–Crippen MR) is 112 cm³/mol. The molecule has 1 saturated heterocycles. The fraction of sp³-hybridized carbons (Fsp3) is 0.333. The first kappa shape index (κ1) is 19.1. The first-order valence-electron chi connectivity index (χ1n) is 9.55. The molecule has 1 N–H and O–H groups in total. The number of para-hydroxylation sites is 1. The number of piperazine rings is 1. The zero-order valence-corrected chi connectivity index (χ0v) is 16.7. The second kappa shape index (κ2) is 7.63. The van der Waals surface area contributed by atoms with E-state index >= 15 is 0 Å². The number of hydrogen-bond donors (Lipinski definition) is 1. The van der Waals surface area contributed by atoms with Crippen molar-refractivity contribution in [2.75, 3.05) is 43.4 Å². The van der Waals surface area contributed by atoms with Crippen molar-refractivity contribution in [3.8, 4) is 0 Å². The molecule has 0 unspecified atom stereocenters. The lowest BCUT2D eigenvalue weighted by molar-refractivity contribution is 0.102. The van der Waals surface area contributed by atoms with Gasteiger partial charge in [0, 0.05) is 31.6 Å². The minimum atomic E-state index is -0.675. The highest BCUT2D eigenvalue weighted by molar-refractivity contribution is 6.05. The molecule has 1 fully saturated rings. The van der Waals surface area contributed by atoms with Gasteiger partial charge >= 0.3 is 5.63 Å². The van der Waals surface area contributed by atoms with Crippen LogP contribution in [0.3, 0.4) is 0 Å². The summed E-state index contributed by atoms with van der Waals surface area (Å²) in [5, 5.41) is 3.47. The van der Waals surface area contributed by atoms with Gasteiger partial charge in [-0.15, -0.1) is 0 Å². The van der Waals surface area contributed by atoms with Gasteiger partial charge in [0.05, 0.1) is 17.1 Å². The molecule has 8 nitrogen and oxygen atoms in total. The maximum Gasteiger partial charge on any atom is 0.349 e. The van der Waals surface area contributed by atoms with Gasteiger partial charge in [-0.25, -0.2) is 14.8 Å². The van der Waals surface area contributed by atoms with Crippen LogP contribution in [0.4, 0.5) is 11.6 Å². The van der Waals surface area contributed by atoms with Crippen LogP contribution in [0.5, 0.6) is 0 Å². The average Bonchev–Trinajstić information content (AvgIpc) is 2.70. The number of nitrogens with one attached hydrogen (secondary N) is 1. The number of anilines is 2. The van der Waals surface area contributed by atoms with Crippen molar-refractivity contribution in [2.24, 2.45) is 0 Å². The Morgan fingerprint density at radius 2 is 1.72 bits per heavy atom. The van der Waals surface area contributed by atoms with Crippen molar-refractivity contribution in [1.82, 2.24) is 14.9 Å². The maximum atomic E-state index is 12.8. The van der Waals surface area contributed by atoms with E-state index in [1.165, 1.54) is 0 Å². The Morgan fingerprint density at radius 1 is 1.07 bits per heavy atom. The lowest BCUT2D eigenvalue weighted by atomic mass is 10.1. The summed E-state index contributed by atoms with van der Waals surface area (Å²) in [7, 11) is 2.09. The second-order valence-electron chi connectivity index (χ2n) is 7.30. The van der Waals surface area contributed by atoms with Gasteiger partial charge in [0.15, 0.2) is 0 Å². The summed E-state index contributed by atoms with van der Waals surface area (Å²) in [6.45, 7) is 7.29. The monoisotopic (exact) mass is 393 g/mol. The van der Waals surface area contributed by atoms with Crippen molar-refractivity contribution < 1.29 is 9.21 Å². The van der Waals surface area contributed by atoms with Crippen LogP contribution in [-0.2, 0) is 0 Å². The van der Waals surface area contributed by atoms with Crippen molar-refractivity contribution in [3.63, 3.8) is 0 Å². The summed E-state index contributed by atoms with van der Waals surface area (Å²) in [5.74, 6) is 0.128. The van der Waals surface area contributed by atoms with Crippen LogP contribution in [0.1, 0.15) is 21.7 Å². The average molecular weight is 393 g/mol. The number of carbonyl (C=O) groups excluding carboxylic acids is 1. The number of hydrogen-bond acceptors (Lipinski definition) is 7. The SMILES string of the molecule is Cc1nc(N2CCN(C)CC2)nc(C)c1NC(=O)c1cc2ccccc2oc1=O. The van der Waals surface area contributed by atoms with E-state index in [9.17, 15) is 9.59 Å². The molecule has 150 valence electrons. The van der Waals surface area contributed by atoms with Crippen molar-refractivity contribution in [1.29, 1.82) is 0 Å². The van der Waals surface area contributed by atoms with Gasteiger partial charge in [0.2, 0.25) is 5.95 Å². The van der Waals surface area contributed by atoms with Crippen molar-refractivity contribution >= 4 is 28.5 Å². The highest BCUT2D eigenvalue weighted by Gasteiger charge is 2.21. The van der Waals surface area contributed by atoms with Crippen LogP contribution in [0, 0.1) is 13.8 Å². The highest BCUT2D eigenvalue weighted by atomic mass is 16.4. The van der Waals surface area contributed by atoms with Gasteiger partial charge in [-0.05, 0) is 33.0 Å². The van der Waals surface area contributed by atoms with Crippen LogP contribution < -0.4 is 15.8 Å². The third-order valence-corrected chi connectivity index (χ3v) is 5.17. The highest BCUT2D eigenvalue weighted by Crippen LogP contribution is 2.22. The zero-order valence-electron chi connectivity index (χ0n) is 16.7. The molecule has 0 atom stereocenters. The predicted octanol–water partition coefficient (Wildman–Crippen LogP) is 2.20. The third kappa shape index (κ3) is 3.84. The number of rotatable bonds is 3. The molecule has 1 aromatic carbocycles. The smallest absolute Gasteiger partial charge is 0.349 e. The molecule has 4 rings (SSSR count). The van der Waals surface area contributed by atoms with Crippen LogP contribution in [0.25, 0.3) is 11.0 Å². The largest absolute Gasteiger partial charge is 0.422 e. The van der Waals surface area contributed by atoms with Crippen LogP contribution in [-0.4, -0.2) is 54.0 Å². The molecule has 0 spiro atoms. The Labute approximate surface area is 168 Å². The minimum Gasteiger partial charge on any atom is -0.422 e. The van der Waals surface area contributed by atoms with Gasteiger partial charge in [0.25, 0.3) is 5.91 Å². The van der Waals surface area contributed by atoms with Gasteiger partial charge in [-0.3, -0.25) is 4.79 Å². The summed E-state index contributed by atoms with van der Waals surface area (Å²) in [6, 6.07) is 8.62. The third-order valence-electron chi connectivity index (χ3n) is 5.17. The molecule has 3 aromatic rings. The van der Waals surface area contributed by atoms with E-state index in [0.29, 0.717) is 34.0 Å². The summed E-state index contributed by atoms with van der Waals surface area (Å²) in [6.07, 6.45) is 0. The van der Waals surface area contributed by atoms with E-state index in [0.717, 1.165) is 26.2 Å². The summed E-state index contributed by atoms with van der Waals surface area (Å²) < 4.78 is 5.26. The molecular weight excluding hydrogens is 370 g/mol. The fourth-order valence-electron chi connectivity index (χ4n) is 3.43. The number of aryl methyl sites for hydroxylation is 2. The second-order valence-corrected chi connectivity index (χ2v) is 7.30. The maximum absolute atomic E-state index is 12.8. The summed E-state index contributed by atoms with van der Waals surface area (Å²) in [4.78, 5) is 38.6. The minimum absolute atomic E-state index is 0.0503. The van der Waals surface area contributed by atoms with E-state index in [1.54, 1.807) is 24.3 Å². The zero-order chi connectivity index (χ0) is 20.5.